The molecule has 1 aromatic heterocycles. The molecule has 0 amide bonds. The zero-order valence-corrected chi connectivity index (χ0v) is 18.1. The summed E-state index contributed by atoms with van der Waals surface area (Å²) in [5, 5.41) is 11.7. The molecule has 2 aromatic rings. The number of carbonyl (C=O) groups excluding carboxylic acids is 1. The topological polar surface area (TPSA) is 96.8 Å². The average molecular weight is 418 g/mol. The van der Waals surface area contributed by atoms with Crippen molar-refractivity contribution in [2.24, 2.45) is 24.1 Å². The van der Waals surface area contributed by atoms with Gasteiger partial charge in [0.1, 0.15) is 17.1 Å². The van der Waals surface area contributed by atoms with E-state index in [1.54, 1.807) is 0 Å². The SMILES string of the molecule is Cn1ccnc1CCCCCC1(C(=N)N)C=CC=C(C2CNc3ccccc3C2)C1=O. The van der Waals surface area contributed by atoms with Crippen LogP contribution in [0, 0.1) is 16.7 Å². The minimum Gasteiger partial charge on any atom is -0.387 e. The van der Waals surface area contributed by atoms with Crippen LogP contribution < -0.4 is 11.1 Å². The number of allylic oxidation sites excluding steroid dienone is 2. The van der Waals surface area contributed by atoms with Gasteiger partial charge in [0.05, 0.1) is 0 Å². The Kier molecular flexibility index (Phi) is 6.07. The molecule has 162 valence electrons. The highest BCUT2D eigenvalue weighted by molar-refractivity contribution is 6.17. The molecular weight excluding hydrogens is 386 g/mol. The van der Waals surface area contributed by atoms with E-state index >= 15 is 0 Å². The molecule has 0 fully saturated rings. The van der Waals surface area contributed by atoms with E-state index in [0.29, 0.717) is 6.42 Å². The van der Waals surface area contributed by atoms with Gasteiger partial charge in [-0.3, -0.25) is 10.2 Å². The van der Waals surface area contributed by atoms with Crippen LogP contribution in [0.25, 0.3) is 0 Å². The van der Waals surface area contributed by atoms with Gasteiger partial charge in [-0.1, -0.05) is 49.3 Å². The average Bonchev–Trinajstić information content (AvgIpc) is 3.18. The molecule has 4 N–H and O–H groups in total. The Balaban J connectivity index is 1.41. The number of nitrogens with zero attached hydrogens (tertiary/aromatic N) is 2. The third kappa shape index (κ3) is 4.20. The summed E-state index contributed by atoms with van der Waals surface area (Å²) >= 11 is 0. The van der Waals surface area contributed by atoms with Crippen molar-refractivity contribution in [3.63, 3.8) is 0 Å². The zero-order valence-electron chi connectivity index (χ0n) is 18.1. The number of rotatable bonds is 8. The molecule has 0 radical (unpaired) electrons. The van der Waals surface area contributed by atoms with Crippen LogP contribution in [0.4, 0.5) is 5.69 Å². The molecule has 31 heavy (non-hydrogen) atoms. The van der Waals surface area contributed by atoms with Crippen LogP contribution in [-0.4, -0.2) is 27.7 Å². The molecule has 1 aliphatic heterocycles. The van der Waals surface area contributed by atoms with Gasteiger partial charge >= 0.3 is 0 Å². The predicted molar refractivity (Wildman–Crippen MR) is 124 cm³/mol. The van der Waals surface area contributed by atoms with Crippen molar-refractivity contribution in [3.8, 4) is 0 Å². The predicted octanol–water partition coefficient (Wildman–Crippen LogP) is 3.80. The summed E-state index contributed by atoms with van der Waals surface area (Å²) in [7, 11) is 2.00. The number of ketones is 1. The maximum atomic E-state index is 13.6. The Morgan fingerprint density at radius 3 is 2.94 bits per heavy atom. The number of para-hydroxylation sites is 1. The Labute approximate surface area is 183 Å². The van der Waals surface area contributed by atoms with Crippen LogP contribution in [0.15, 0.2) is 60.5 Å². The zero-order chi connectivity index (χ0) is 21.8. The first-order chi connectivity index (χ1) is 15.0. The molecule has 2 heterocycles. The van der Waals surface area contributed by atoms with Gasteiger partial charge in [0.15, 0.2) is 5.78 Å². The van der Waals surface area contributed by atoms with E-state index in [2.05, 4.69) is 22.4 Å². The monoisotopic (exact) mass is 417 g/mol. The van der Waals surface area contributed by atoms with Crippen molar-refractivity contribution < 1.29 is 4.79 Å². The molecule has 6 nitrogen and oxygen atoms in total. The summed E-state index contributed by atoms with van der Waals surface area (Å²) in [5.41, 5.74) is 8.17. The lowest BCUT2D eigenvalue weighted by molar-refractivity contribution is -0.120. The van der Waals surface area contributed by atoms with E-state index in [9.17, 15) is 4.79 Å². The molecule has 0 bridgehead atoms. The maximum absolute atomic E-state index is 13.6. The fourth-order valence-electron chi connectivity index (χ4n) is 4.75. The Morgan fingerprint density at radius 2 is 2.16 bits per heavy atom. The van der Waals surface area contributed by atoms with Gasteiger partial charge in [-0.25, -0.2) is 4.98 Å². The van der Waals surface area contributed by atoms with Crippen molar-refractivity contribution >= 4 is 17.3 Å². The summed E-state index contributed by atoms with van der Waals surface area (Å²) in [6, 6.07) is 8.24. The lowest BCUT2D eigenvalue weighted by Gasteiger charge is -2.35. The van der Waals surface area contributed by atoms with E-state index in [-0.39, 0.29) is 17.5 Å². The minimum atomic E-state index is -1.01. The number of unbranched alkanes of at least 4 members (excludes halogenated alkanes) is 2. The first kappa shape index (κ1) is 21.1. The highest BCUT2D eigenvalue weighted by Gasteiger charge is 2.43. The van der Waals surface area contributed by atoms with Gasteiger partial charge < -0.3 is 15.6 Å². The fraction of sp³-hybridized carbons (Fsp3) is 0.400. The van der Waals surface area contributed by atoms with Crippen LogP contribution in [0.3, 0.4) is 0 Å². The number of amidine groups is 1. The van der Waals surface area contributed by atoms with Crippen LogP contribution in [0.2, 0.25) is 0 Å². The third-order valence-electron chi connectivity index (χ3n) is 6.66. The summed E-state index contributed by atoms with van der Waals surface area (Å²) in [5.74, 6) is 1.12. The van der Waals surface area contributed by atoms with E-state index in [4.69, 9.17) is 11.1 Å². The molecule has 6 heteroatoms. The Morgan fingerprint density at radius 1 is 1.32 bits per heavy atom. The second kappa shape index (κ2) is 8.92. The van der Waals surface area contributed by atoms with Crippen LogP contribution in [0.5, 0.6) is 0 Å². The lowest BCUT2D eigenvalue weighted by Crippen LogP contribution is -2.46. The van der Waals surface area contributed by atoms with E-state index in [1.165, 1.54) is 5.56 Å². The van der Waals surface area contributed by atoms with Crippen LogP contribution in [0.1, 0.15) is 37.1 Å². The number of nitrogens with one attached hydrogen (secondary N) is 2. The molecule has 0 saturated heterocycles. The number of anilines is 1. The van der Waals surface area contributed by atoms with Crippen molar-refractivity contribution in [2.45, 2.75) is 38.5 Å². The molecule has 4 rings (SSSR count). The van der Waals surface area contributed by atoms with Gasteiger partial charge in [-0.05, 0) is 30.9 Å². The molecule has 2 unspecified atom stereocenters. The number of Topliss-reactive ketones (excluding diaryl/α,β-unsaturated/α-hetero) is 1. The number of nitrogens with two attached hydrogens (primary N) is 1. The molecule has 2 aliphatic rings. The second-order valence-corrected chi connectivity index (χ2v) is 8.65. The molecule has 1 aliphatic carbocycles. The smallest absolute Gasteiger partial charge is 0.176 e. The highest BCUT2D eigenvalue weighted by atomic mass is 16.1. The van der Waals surface area contributed by atoms with Gasteiger partial charge in [-0.2, -0.15) is 0 Å². The van der Waals surface area contributed by atoms with E-state index in [0.717, 1.165) is 55.7 Å². The van der Waals surface area contributed by atoms with Crippen molar-refractivity contribution in [2.75, 3.05) is 11.9 Å². The van der Waals surface area contributed by atoms with E-state index in [1.807, 2.05) is 54.4 Å². The molecule has 0 spiro atoms. The normalized spacial score (nSPS) is 22.5. The fourth-order valence-corrected chi connectivity index (χ4v) is 4.75. The second-order valence-electron chi connectivity index (χ2n) is 8.65. The number of imidazole rings is 1. The number of aryl methyl sites for hydroxylation is 2. The summed E-state index contributed by atoms with van der Waals surface area (Å²) in [6.45, 7) is 0.722. The Bertz CT molecular complexity index is 1030. The standard InChI is InChI=1S/C25H31N5O/c1-30-15-14-28-22(30)11-3-2-6-12-25(24(26)27)13-7-9-20(23(25)31)19-16-18-8-4-5-10-21(18)29-17-19/h4-5,7-10,13-15,19,29H,2-3,6,11-12,16-17H2,1H3,(H3,26,27). The van der Waals surface area contributed by atoms with Crippen molar-refractivity contribution in [1.82, 2.24) is 9.55 Å². The van der Waals surface area contributed by atoms with Crippen molar-refractivity contribution in [1.29, 1.82) is 5.41 Å². The van der Waals surface area contributed by atoms with E-state index < -0.39 is 5.41 Å². The molecule has 1 aromatic carbocycles. The number of hydrogen-bond donors (Lipinski definition) is 3. The summed E-state index contributed by atoms with van der Waals surface area (Å²) in [4.78, 5) is 18.0. The van der Waals surface area contributed by atoms with Crippen LogP contribution in [-0.2, 0) is 24.7 Å². The first-order valence-electron chi connectivity index (χ1n) is 11.1. The van der Waals surface area contributed by atoms with Gasteiger partial charge in [0, 0.05) is 49.6 Å². The summed E-state index contributed by atoms with van der Waals surface area (Å²) < 4.78 is 2.04. The van der Waals surface area contributed by atoms with Gasteiger partial charge in [0.2, 0.25) is 0 Å². The van der Waals surface area contributed by atoms with Gasteiger partial charge in [-0.15, -0.1) is 0 Å². The first-order valence-corrected chi connectivity index (χ1v) is 11.1. The molecule has 0 saturated carbocycles. The van der Waals surface area contributed by atoms with Gasteiger partial charge in [0.25, 0.3) is 0 Å². The number of fused-ring (bicyclic) bond motifs is 1. The Hall–Kier alpha value is -3.15. The molecule has 2 atom stereocenters. The number of benzene rings is 1. The summed E-state index contributed by atoms with van der Waals surface area (Å²) in [6.07, 6.45) is 14.6. The maximum Gasteiger partial charge on any atom is 0.176 e. The minimum absolute atomic E-state index is 0.00205. The highest BCUT2D eigenvalue weighted by Crippen LogP contribution is 2.38. The number of hydrogen-bond acceptors (Lipinski definition) is 4. The molecular formula is C25H31N5O. The quantitative estimate of drug-likeness (QED) is 0.346. The number of carbonyl (C=O) groups is 1. The number of aromatic nitrogens is 2. The lowest BCUT2D eigenvalue weighted by atomic mass is 9.69. The third-order valence-corrected chi connectivity index (χ3v) is 6.66. The largest absolute Gasteiger partial charge is 0.387 e. The van der Waals surface area contributed by atoms with Crippen molar-refractivity contribution in [3.05, 3.63) is 71.8 Å². The van der Waals surface area contributed by atoms with Crippen LogP contribution >= 0.6 is 0 Å².